The quantitative estimate of drug-likeness (QED) is 0.111. The molecule has 2 rings (SSSR count). The summed E-state index contributed by atoms with van der Waals surface area (Å²) in [7, 11) is -16.7. The van der Waals surface area contributed by atoms with Crippen LogP contribution >= 0.6 is 23.5 Å². The van der Waals surface area contributed by atoms with Gasteiger partial charge in [-0.3, -0.25) is 9.09 Å². The summed E-state index contributed by atoms with van der Waals surface area (Å²) in [5.41, 5.74) is 13.0. The number of azide groups is 1. The summed E-state index contributed by atoms with van der Waals surface area (Å²) in [4.78, 5) is 53.8. The van der Waals surface area contributed by atoms with E-state index in [0.29, 0.717) is 0 Å². The molecular formula is C10H17N6O13P3. The van der Waals surface area contributed by atoms with Crippen LogP contribution in [0.3, 0.4) is 0 Å². The lowest BCUT2D eigenvalue weighted by molar-refractivity contribution is -0.0600. The number of phosphoric acid groups is 3. The highest BCUT2D eigenvalue weighted by Crippen LogP contribution is 2.66. The van der Waals surface area contributed by atoms with Crippen molar-refractivity contribution in [2.75, 3.05) is 19.1 Å². The second-order valence-corrected chi connectivity index (χ2v) is 10.3. The van der Waals surface area contributed by atoms with Crippen LogP contribution in [-0.4, -0.2) is 54.7 Å². The number of rotatable bonds is 11. The number of phosphoric ester groups is 1. The second-order valence-electron chi connectivity index (χ2n) is 5.86. The van der Waals surface area contributed by atoms with Gasteiger partial charge in [0.25, 0.3) is 0 Å². The van der Waals surface area contributed by atoms with Gasteiger partial charge in [-0.25, -0.2) is 18.5 Å². The van der Waals surface area contributed by atoms with E-state index in [2.05, 4.69) is 28.2 Å². The Kier molecular flexibility index (Phi) is 8.72. The molecule has 0 bridgehead atoms. The molecule has 6 N–H and O–H groups in total. The number of anilines is 1. The van der Waals surface area contributed by atoms with E-state index in [1.807, 2.05) is 0 Å². The molecule has 19 nitrogen and oxygen atoms in total. The van der Waals surface area contributed by atoms with Crippen LogP contribution in [0.2, 0.25) is 0 Å². The maximum absolute atomic E-state index is 12.0. The largest absolute Gasteiger partial charge is 0.490 e. The standard InChI is InChI=1S/C10H17N6O13P3/c11-8-1-2-16(10(17)14-8)9-3-6(25-5-13-15-12)7(27-9)4-26-31(21,22)29-32(23,24)28-30(18,19)20/h1-2,6-7,9H,3-5H2,(H,21,22)(H,23,24)(H2,11,14,17)(H2,18,19,20)/t6-,7+,9+/m0/s1. The van der Waals surface area contributed by atoms with Crippen LogP contribution in [0.15, 0.2) is 22.2 Å². The summed E-state index contributed by atoms with van der Waals surface area (Å²) in [6.07, 6.45) is -1.96. The maximum atomic E-state index is 12.0. The van der Waals surface area contributed by atoms with E-state index in [1.54, 1.807) is 0 Å². The normalized spacial score (nSPS) is 24.9. The van der Waals surface area contributed by atoms with Gasteiger partial charge in [0.15, 0.2) is 0 Å². The van der Waals surface area contributed by atoms with Crippen molar-refractivity contribution in [3.63, 3.8) is 0 Å². The number of nitrogens with zero attached hydrogens (tertiary/aromatic N) is 5. The molecule has 1 aliphatic heterocycles. The lowest BCUT2D eigenvalue weighted by Crippen LogP contribution is -2.29. The first-order valence-electron chi connectivity index (χ1n) is 8.12. The predicted octanol–water partition coefficient (Wildman–Crippen LogP) is 0.109. The third kappa shape index (κ3) is 8.35. The third-order valence-electron chi connectivity index (χ3n) is 3.57. The Balaban J connectivity index is 2.11. The van der Waals surface area contributed by atoms with Crippen LogP contribution < -0.4 is 11.4 Å². The van der Waals surface area contributed by atoms with Gasteiger partial charge in [0.1, 0.15) is 24.9 Å². The molecule has 0 spiro atoms. The van der Waals surface area contributed by atoms with Crippen molar-refractivity contribution >= 4 is 29.3 Å². The average Bonchev–Trinajstić information content (AvgIpc) is 3.00. The molecule has 0 radical (unpaired) electrons. The molecule has 0 saturated carbocycles. The van der Waals surface area contributed by atoms with Crippen LogP contribution in [0, 0.1) is 0 Å². The number of nitrogens with two attached hydrogens (primary N) is 1. The molecule has 1 fully saturated rings. The molecule has 2 unspecified atom stereocenters. The van der Waals surface area contributed by atoms with Crippen LogP contribution in [0.5, 0.6) is 0 Å². The van der Waals surface area contributed by atoms with Crippen LogP contribution in [0.25, 0.3) is 10.4 Å². The Labute approximate surface area is 177 Å². The number of ether oxygens (including phenoxy) is 2. The molecule has 0 aromatic carbocycles. The van der Waals surface area contributed by atoms with E-state index in [4.69, 9.17) is 35.4 Å². The van der Waals surface area contributed by atoms with Crippen molar-refractivity contribution in [2.24, 2.45) is 5.11 Å². The first kappa shape index (κ1) is 26.6. The minimum atomic E-state index is -5.70. The fraction of sp³-hybridized carbons (Fsp3) is 0.600. The Hall–Kier alpha value is -1.68. The van der Waals surface area contributed by atoms with Gasteiger partial charge < -0.3 is 34.8 Å². The van der Waals surface area contributed by atoms with E-state index in [0.717, 1.165) is 4.57 Å². The summed E-state index contributed by atoms with van der Waals surface area (Å²) in [5, 5.41) is 3.16. The van der Waals surface area contributed by atoms with Gasteiger partial charge in [-0.05, 0) is 11.6 Å². The highest BCUT2D eigenvalue weighted by Gasteiger charge is 2.43. The van der Waals surface area contributed by atoms with E-state index >= 15 is 0 Å². The summed E-state index contributed by atoms with van der Waals surface area (Å²) < 4.78 is 57.5. The van der Waals surface area contributed by atoms with Gasteiger partial charge >= 0.3 is 29.2 Å². The smallest absolute Gasteiger partial charge is 0.383 e. The molecule has 1 aliphatic rings. The van der Waals surface area contributed by atoms with E-state index in [-0.39, 0.29) is 12.2 Å². The molecular weight excluding hydrogens is 505 g/mol. The van der Waals surface area contributed by atoms with E-state index in [1.165, 1.54) is 12.3 Å². The molecule has 2 heterocycles. The van der Waals surface area contributed by atoms with Gasteiger partial charge in [-0.1, -0.05) is 5.11 Å². The van der Waals surface area contributed by atoms with Crippen LogP contribution in [-0.2, 0) is 36.3 Å². The topological polar surface area (TPSA) is 288 Å². The molecule has 0 aliphatic carbocycles. The number of hydrogen-bond acceptors (Lipinski definition) is 12. The Morgan fingerprint density at radius 1 is 1.28 bits per heavy atom. The van der Waals surface area contributed by atoms with E-state index < -0.39 is 60.9 Å². The number of aromatic nitrogens is 2. The summed E-state index contributed by atoms with van der Waals surface area (Å²) in [5.74, 6) is -0.0513. The van der Waals surface area contributed by atoms with E-state index in [9.17, 15) is 23.4 Å². The molecule has 1 aromatic rings. The highest BCUT2D eigenvalue weighted by atomic mass is 31.3. The van der Waals surface area contributed by atoms with Crippen molar-refractivity contribution in [3.05, 3.63) is 33.2 Å². The lowest BCUT2D eigenvalue weighted by atomic mass is 10.2. The average molecular weight is 522 g/mol. The van der Waals surface area contributed by atoms with Crippen molar-refractivity contribution in [3.8, 4) is 0 Å². The molecule has 22 heteroatoms. The van der Waals surface area contributed by atoms with Gasteiger partial charge in [-0.15, -0.1) is 0 Å². The number of nitrogen functional groups attached to an aromatic ring is 1. The van der Waals surface area contributed by atoms with Crippen LogP contribution in [0.4, 0.5) is 5.82 Å². The minimum Gasteiger partial charge on any atom is -0.383 e. The van der Waals surface area contributed by atoms with Gasteiger partial charge in [-0.2, -0.15) is 13.6 Å². The summed E-state index contributed by atoms with van der Waals surface area (Å²) in [6.45, 7) is -1.31. The zero-order valence-electron chi connectivity index (χ0n) is 15.6. The van der Waals surface area contributed by atoms with Crippen LogP contribution in [0.1, 0.15) is 12.6 Å². The third-order valence-corrected chi connectivity index (χ3v) is 7.37. The highest BCUT2D eigenvalue weighted by molar-refractivity contribution is 7.66. The molecule has 5 atom stereocenters. The van der Waals surface area contributed by atoms with Gasteiger partial charge in [0.2, 0.25) is 0 Å². The fourth-order valence-electron chi connectivity index (χ4n) is 2.47. The monoisotopic (exact) mass is 522 g/mol. The molecule has 32 heavy (non-hydrogen) atoms. The minimum absolute atomic E-state index is 0.0448. The molecule has 180 valence electrons. The Morgan fingerprint density at radius 2 is 1.97 bits per heavy atom. The Morgan fingerprint density at radius 3 is 2.56 bits per heavy atom. The summed E-state index contributed by atoms with van der Waals surface area (Å²) in [6, 6.07) is 1.31. The second kappa shape index (κ2) is 10.5. The molecule has 1 saturated heterocycles. The van der Waals surface area contributed by atoms with Gasteiger partial charge in [0, 0.05) is 17.5 Å². The molecule has 1 aromatic heterocycles. The van der Waals surface area contributed by atoms with Crippen molar-refractivity contribution in [1.82, 2.24) is 9.55 Å². The number of hydrogen-bond donors (Lipinski definition) is 5. The fourth-order valence-corrected chi connectivity index (χ4v) is 5.50. The zero-order valence-corrected chi connectivity index (χ0v) is 18.3. The first-order chi connectivity index (χ1) is 14.7. The van der Waals surface area contributed by atoms with Crippen molar-refractivity contribution in [1.29, 1.82) is 0 Å². The zero-order chi connectivity index (χ0) is 24.2. The first-order valence-corrected chi connectivity index (χ1v) is 12.6. The lowest BCUT2D eigenvalue weighted by Gasteiger charge is -2.20. The SMILES string of the molecule is [N-]=[N+]=NCO[C@H]1C[C@H](n2ccc(N)nc2=O)O[C@@H]1COP(=O)(O)OP(=O)(O)OP(=O)(O)O. The molecule has 0 amide bonds. The Bertz CT molecular complexity index is 1070. The summed E-state index contributed by atoms with van der Waals surface area (Å²) >= 11 is 0. The van der Waals surface area contributed by atoms with Crippen molar-refractivity contribution in [2.45, 2.75) is 24.9 Å². The van der Waals surface area contributed by atoms with Gasteiger partial charge in [0.05, 0.1) is 12.7 Å². The van der Waals surface area contributed by atoms with Crippen molar-refractivity contribution < 1.29 is 55.9 Å². The maximum Gasteiger partial charge on any atom is 0.490 e. The predicted molar refractivity (Wildman–Crippen MR) is 100 cm³/mol.